The van der Waals surface area contributed by atoms with E-state index in [1.54, 1.807) is 14.0 Å². The number of aryl methyl sites for hydroxylation is 1. The van der Waals surface area contributed by atoms with Crippen LogP contribution in [0.5, 0.6) is 5.75 Å². The molecule has 0 spiro atoms. The first-order valence-electron chi connectivity index (χ1n) is 14.1. The first-order chi connectivity index (χ1) is 20.3. The smallest absolute Gasteiger partial charge is 0.355 e. The molecule has 3 aromatic carbocycles. The molecule has 7 nitrogen and oxygen atoms in total. The van der Waals surface area contributed by atoms with E-state index in [-0.39, 0.29) is 6.61 Å². The molecule has 4 aromatic rings. The summed E-state index contributed by atoms with van der Waals surface area (Å²) in [4.78, 5) is 24.9. The molecule has 0 aliphatic carbocycles. The Balaban J connectivity index is 1.70. The molecule has 6 rings (SSSR count). The van der Waals surface area contributed by atoms with Crippen LogP contribution in [0.15, 0.2) is 87.3 Å². The molecule has 2 aliphatic heterocycles. The molecule has 212 valence electrons. The van der Waals surface area contributed by atoms with Crippen molar-refractivity contribution in [2.24, 2.45) is 9.98 Å². The zero-order valence-corrected chi connectivity index (χ0v) is 24.5. The monoisotopic (exact) mass is 559 g/mol. The lowest BCUT2D eigenvalue weighted by Crippen LogP contribution is -2.46. The Morgan fingerprint density at radius 2 is 1.86 bits per heavy atom. The Labute approximate surface area is 245 Å². The number of amidine groups is 1. The van der Waals surface area contributed by atoms with Crippen molar-refractivity contribution in [3.8, 4) is 5.75 Å². The molecule has 0 saturated carbocycles. The van der Waals surface area contributed by atoms with Crippen molar-refractivity contribution >= 4 is 40.3 Å². The van der Waals surface area contributed by atoms with Crippen molar-refractivity contribution in [3.05, 3.63) is 112 Å². The van der Waals surface area contributed by atoms with Gasteiger partial charge in [0.1, 0.15) is 22.8 Å². The van der Waals surface area contributed by atoms with E-state index in [9.17, 15) is 4.79 Å². The third kappa shape index (κ3) is 4.51. The summed E-state index contributed by atoms with van der Waals surface area (Å²) >= 11 is 0. The third-order valence-electron chi connectivity index (χ3n) is 7.78. The minimum atomic E-state index is -0.472. The number of carbonyl (C=O) groups is 1. The van der Waals surface area contributed by atoms with Crippen molar-refractivity contribution in [2.75, 3.05) is 13.7 Å². The Morgan fingerprint density at radius 1 is 1.07 bits per heavy atom. The average molecular weight is 560 g/mol. The minimum Gasteiger partial charge on any atom is -0.461 e. The van der Waals surface area contributed by atoms with E-state index in [1.807, 2.05) is 79.4 Å². The van der Waals surface area contributed by atoms with Gasteiger partial charge < -0.3 is 13.9 Å². The van der Waals surface area contributed by atoms with Gasteiger partial charge in [0.15, 0.2) is 0 Å². The van der Waals surface area contributed by atoms with Crippen LogP contribution >= 0.6 is 0 Å². The Kier molecular flexibility index (Phi) is 7.02. The fraction of sp³-hybridized carbons (Fsp3) is 0.229. The molecular weight excluding hydrogens is 526 g/mol. The molecular formula is C35H33N3O4. The molecule has 0 fully saturated rings. The van der Waals surface area contributed by atoms with Crippen molar-refractivity contribution in [1.29, 1.82) is 0 Å². The summed E-state index contributed by atoms with van der Waals surface area (Å²) in [7, 11) is 1.77. The molecule has 0 bridgehead atoms. The number of hydrogen-bond donors (Lipinski definition) is 0. The molecule has 1 aromatic heterocycles. The normalized spacial score (nSPS) is 16.8. The zero-order chi connectivity index (χ0) is 29.5. The van der Waals surface area contributed by atoms with Gasteiger partial charge in [0.05, 0.1) is 24.8 Å². The van der Waals surface area contributed by atoms with Gasteiger partial charge in [-0.05, 0) is 73.7 Å². The van der Waals surface area contributed by atoms with Crippen molar-refractivity contribution in [2.45, 2.75) is 40.3 Å². The summed E-state index contributed by atoms with van der Waals surface area (Å²) in [5.74, 6) is 0.850. The van der Waals surface area contributed by atoms with Crippen molar-refractivity contribution < 1.29 is 18.7 Å². The Bertz CT molecular complexity index is 1830. The van der Waals surface area contributed by atoms with E-state index in [1.165, 1.54) is 0 Å². The lowest BCUT2D eigenvalue weighted by atomic mass is 9.83. The van der Waals surface area contributed by atoms with E-state index >= 15 is 0 Å². The number of rotatable bonds is 6. The van der Waals surface area contributed by atoms with Gasteiger partial charge in [0.25, 0.3) is 6.02 Å². The number of hydrogen-bond acceptors (Lipinski definition) is 6. The number of aliphatic imine (C=N–C) groups is 2. The maximum absolute atomic E-state index is 13.6. The SMILES string of the molecule is C=C(C)c1cc2cc(C(C)=NC)c3c(c2o1)C1c2c(C)cccc2C=C(C(=O)OCC)N1C(=NCc1ccccc1)O3. The third-order valence-corrected chi connectivity index (χ3v) is 7.78. The summed E-state index contributed by atoms with van der Waals surface area (Å²) in [6.45, 7) is 12.5. The summed E-state index contributed by atoms with van der Waals surface area (Å²) < 4.78 is 18.8. The highest BCUT2D eigenvalue weighted by atomic mass is 16.5. The zero-order valence-electron chi connectivity index (χ0n) is 24.5. The first-order valence-corrected chi connectivity index (χ1v) is 14.1. The maximum atomic E-state index is 13.6. The highest BCUT2D eigenvalue weighted by molar-refractivity contribution is 6.08. The number of ether oxygens (including phenoxy) is 2. The van der Waals surface area contributed by atoms with Crippen LogP contribution in [0.25, 0.3) is 22.6 Å². The second kappa shape index (κ2) is 10.8. The molecule has 0 saturated heterocycles. The molecule has 1 unspecified atom stereocenters. The van der Waals surface area contributed by atoms with Crippen LogP contribution in [0, 0.1) is 6.92 Å². The Morgan fingerprint density at radius 3 is 2.57 bits per heavy atom. The van der Waals surface area contributed by atoms with Crippen LogP contribution in [0.2, 0.25) is 0 Å². The van der Waals surface area contributed by atoms with E-state index in [4.69, 9.17) is 18.9 Å². The summed E-state index contributed by atoms with van der Waals surface area (Å²) in [5.41, 5.74) is 8.35. The second-order valence-electron chi connectivity index (χ2n) is 10.6. The largest absolute Gasteiger partial charge is 0.461 e. The van der Waals surface area contributed by atoms with Gasteiger partial charge in [-0.1, -0.05) is 55.1 Å². The van der Waals surface area contributed by atoms with Crippen LogP contribution in [-0.4, -0.2) is 36.3 Å². The molecule has 1 atom stereocenters. The van der Waals surface area contributed by atoms with Gasteiger partial charge in [0.2, 0.25) is 0 Å². The van der Waals surface area contributed by atoms with Gasteiger partial charge in [-0.3, -0.25) is 9.89 Å². The van der Waals surface area contributed by atoms with Gasteiger partial charge >= 0.3 is 5.97 Å². The number of carbonyl (C=O) groups excluding carboxylic acids is 1. The highest BCUT2D eigenvalue weighted by Crippen LogP contribution is 2.51. The molecule has 7 heteroatoms. The summed E-state index contributed by atoms with van der Waals surface area (Å²) in [5, 5.41) is 0.903. The van der Waals surface area contributed by atoms with Gasteiger partial charge in [-0.25, -0.2) is 9.79 Å². The topological polar surface area (TPSA) is 76.6 Å². The minimum absolute atomic E-state index is 0.240. The lowest BCUT2D eigenvalue weighted by Gasteiger charge is -2.43. The van der Waals surface area contributed by atoms with Gasteiger partial charge in [-0.15, -0.1) is 0 Å². The highest BCUT2D eigenvalue weighted by Gasteiger charge is 2.45. The fourth-order valence-electron chi connectivity index (χ4n) is 5.68. The first kappa shape index (κ1) is 27.3. The number of benzene rings is 3. The van der Waals surface area contributed by atoms with Crippen LogP contribution in [0.3, 0.4) is 0 Å². The standard InChI is InChI=1S/C35H33N3O4/c1-7-40-34(39)27-17-24-15-11-12-21(4)29(24)31-30-32-25(18-28(41-32)20(2)3)16-26(22(5)36-6)33(30)42-35(38(27)31)37-19-23-13-9-8-10-14-23/h8-18,31H,2,7,19H2,1,3-6H3. The lowest BCUT2D eigenvalue weighted by molar-refractivity contribution is -0.140. The molecule has 3 heterocycles. The number of nitrogens with zero attached hydrogens (tertiary/aromatic N) is 3. The summed E-state index contributed by atoms with van der Waals surface area (Å²) in [6.07, 6.45) is 1.87. The van der Waals surface area contributed by atoms with Gasteiger partial charge in [0, 0.05) is 23.7 Å². The predicted molar refractivity (Wildman–Crippen MR) is 167 cm³/mol. The second-order valence-corrected chi connectivity index (χ2v) is 10.6. The predicted octanol–water partition coefficient (Wildman–Crippen LogP) is 7.47. The van der Waals surface area contributed by atoms with E-state index < -0.39 is 12.0 Å². The van der Waals surface area contributed by atoms with Crippen molar-refractivity contribution in [1.82, 2.24) is 4.90 Å². The van der Waals surface area contributed by atoms with Crippen molar-refractivity contribution in [3.63, 3.8) is 0 Å². The molecule has 42 heavy (non-hydrogen) atoms. The number of allylic oxidation sites excluding steroid dienone is 1. The van der Waals surface area contributed by atoms with E-state index in [0.29, 0.717) is 35.4 Å². The molecule has 2 aliphatic rings. The molecule has 0 amide bonds. The number of fused-ring (bicyclic) bond motifs is 7. The van der Waals surface area contributed by atoms with Crippen LogP contribution in [0.1, 0.15) is 66.0 Å². The molecule has 0 N–H and O–H groups in total. The van der Waals surface area contributed by atoms with E-state index in [0.717, 1.165) is 50.1 Å². The van der Waals surface area contributed by atoms with Crippen LogP contribution in [-0.2, 0) is 16.1 Å². The average Bonchev–Trinajstić information content (AvgIpc) is 3.43. The quantitative estimate of drug-likeness (QED) is 0.181. The summed E-state index contributed by atoms with van der Waals surface area (Å²) in [6, 6.07) is 19.9. The number of esters is 1. The fourth-order valence-corrected chi connectivity index (χ4v) is 5.68. The Hall–Kier alpha value is -4.91. The number of furan rings is 1. The van der Waals surface area contributed by atoms with E-state index in [2.05, 4.69) is 24.6 Å². The van der Waals surface area contributed by atoms with Crippen LogP contribution < -0.4 is 4.74 Å². The maximum Gasteiger partial charge on any atom is 0.355 e. The van der Waals surface area contributed by atoms with Crippen LogP contribution in [0.4, 0.5) is 0 Å². The molecule has 0 radical (unpaired) electrons. The van der Waals surface area contributed by atoms with Gasteiger partial charge in [-0.2, -0.15) is 0 Å².